The van der Waals surface area contributed by atoms with Gasteiger partial charge in [0.25, 0.3) is 17.7 Å². The number of anilines is 2. The van der Waals surface area contributed by atoms with Crippen molar-refractivity contribution in [1.29, 1.82) is 0 Å². The summed E-state index contributed by atoms with van der Waals surface area (Å²) in [5.41, 5.74) is 2.09. The van der Waals surface area contributed by atoms with E-state index in [1.165, 1.54) is 0 Å². The summed E-state index contributed by atoms with van der Waals surface area (Å²) in [4.78, 5) is 38.1. The number of amides is 3. The van der Waals surface area contributed by atoms with Gasteiger partial charge in [-0.05, 0) is 55.3 Å². The Labute approximate surface area is 192 Å². The molecule has 0 aliphatic carbocycles. The molecule has 1 saturated heterocycles. The molecule has 1 aliphatic heterocycles. The maximum absolute atomic E-state index is 12.8. The van der Waals surface area contributed by atoms with Crippen LogP contribution in [0.4, 0.5) is 11.4 Å². The Morgan fingerprint density at radius 3 is 1.76 bits per heavy atom. The van der Waals surface area contributed by atoms with Crippen LogP contribution in [0.25, 0.3) is 0 Å². The van der Waals surface area contributed by atoms with Crippen LogP contribution in [-0.2, 0) is 4.74 Å². The second kappa shape index (κ2) is 10.6. The molecule has 7 heteroatoms. The first-order chi connectivity index (χ1) is 16.1. The van der Waals surface area contributed by atoms with Gasteiger partial charge < -0.3 is 20.7 Å². The first-order valence-electron chi connectivity index (χ1n) is 10.9. The molecule has 0 saturated carbocycles. The van der Waals surface area contributed by atoms with Crippen LogP contribution in [0.3, 0.4) is 0 Å². The molecule has 1 fully saturated rings. The summed E-state index contributed by atoms with van der Waals surface area (Å²) in [6, 6.07) is 22.3. The zero-order valence-corrected chi connectivity index (χ0v) is 18.0. The molecular formula is C26H25N3O4. The molecule has 1 aliphatic rings. The van der Waals surface area contributed by atoms with Crippen molar-refractivity contribution >= 4 is 29.1 Å². The Bertz CT molecular complexity index is 1060. The lowest BCUT2D eigenvalue weighted by atomic mass is 10.1. The van der Waals surface area contributed by atoms with E-state index in [4.69, 9.17) is 4.74 Å². The molecule has 0 spiro atoms. The third-order valence-corrected chi connectivity index (χ3v) is 5.30. The van der Waals surface area contributed by atoms with Crippen molar-refractivity contribution in [2.45, 2.75) is 18.9 Å². The molecule has 1 atom stereocenters. The first kappa shape index (κ1) is 22.2. The summed E-state index contributed by atoms with van der Waals surface area (Å²) < 4.78 is 5.56. The van der Waals surface area contributed by atoms with Gasteiger partial charge in [-0.3, -0.25) is 14.4 Å². The van der Waals surface area contributed by atoms with Crippen molar-refractivity contribution in [3.8, 4) is 0 Å². The maximum Gasteiger partial charge on any atom is 0.255 e. The average molecular weight is 444 g/mol. The molecule has 0 radical (unpaired) electrons. The zero-order chi connectivity index (χ0) is 23.0. The molecule has 7 nitrogen and oxygen atoms in total. The highest BCUT2D eigenvalue weighted by Crippen LogP contribution is 2.21. The smallest absolute Gasteiger partial charge is 0.255 e. The number of hydrogen-bond acceptors (Lipinski definition) is 4. The van der Waals surface area contributed by atoms with E-state index < -0.39 is 0 Å². The number of carbonyl (C=O) groups excluding carboxylic acids is 3. The minimum Gasteiger partial charge on any atom is -0.376 e. The van der Waals surface area contributed by atoms with Crippen LogP contribution in [0.2, 0.25) is 0 Å². The standard InChI is InChI=1S/C26H25N3O4/c30-24(27-17-23-12-7-13-33-23)20-14-21(28-25(31)18-8-3-1-4-9-18)16-22(15-20)29-26(32)19-10-5-2-6-11-19/h1-6,8-11,14-16,23H,7,12-13,17H2,(H,27,30)(H,28,31)(H,29,32)/t23-/m0/s1. The van der Waals surface area contributed by atoms with Crippen LogP contribution < -0.4 is 16.0 Å². The van der Waals surface area contributed by atoms with Crippen molar-refractivity contribution in [2.24, 2.45) is 0 Å². The van der Waals surface area contributed by atoms with E-state index in [0.29, 0.717) is 41.2 Å². The quantitative estimate of drug-likeness (QED) is 0.512. The van der Waals surface area contributed by atoms with Crippen molar-refractivity contribution < 1.29 is 19.1 Å². The van der Waals surface area contributed by atoms with E-state index in [1.54, 1.807) is 66.7 Å². The number of benzene rings is 3. The number of rotatable bonds is 7. The van der Waals surface area contributed by atoms with Crippen molar-refractivity contribution in [2.75, 3.05) is 23.8 Å². The van der Waals surface area contributed by atoms with Gasteiger partial charge in [0.15, 0.2) is 0 Å². The Kier molecular flexibility index (Phi) is 7.12. The van der Waals surface area contributed by atoms with E-state index in [1.807, 2.05) is 12.1 Å². The van der Waals surface area contributed by atoms with Gasteiger partial charge >= 0.3 is 0 Å². The van der Waals surface area contributed by atoms with Crippen LogP contribution in [0.1, 0.15) is 43.9 Å². The second-order valence-electron chi connectivity index (χ2n) is 7.78. The Morgan fingerprint density at radius 2 is 1.27 bits per heavy atom. The van der Waals surface area contributed by atoms with Gasteiger partial charge in [0.1, 0.15) is 0 Å². The van der Waals surface area contributed by atoms with Gasteiger partial charge in [-0.1, -0.05) is 36.4 Å². The molecule has 0 bridgehead atoms. The second-order valence-corrected chi connectivity index (χ2v) is 7.78. The zero-order valence-electron chi connectivity index (χ0n) is 18.0. The molecule has 33 heavy (non-hydrogen) atoms. The molecule has 0 aromatic heterocycles. The highest BCUT2D eigenvalue weighted by Gasteiger charge is 2.18. The molecule has 168 valence electrons. The molecule has 3 aromatic rings. The molecular weight excluding hydrogens is 418 g/mol. The van der Waals surface area contributed by atoms with Crippen LogP contribution >= 0.6 is 0 Å². The van der Waals surface area contributed by atoms with Gasteiger partial charge in [0.2, 0.25) is 0 Å². The fourth-order valence-corrected chi connectivity index (χ4v) is 3.60. The highest BCUT2D eigenvalue weighted by atomic mass is 16.5. The normalized spacial score (nSPS) is 15.0. The Hall–Kier alpha value is -3.97. The molecule has 0 unspecified atom stereocenters. The first-order valence-corrected chi connectivity index (χ1v) is 10.9. The molecule has 3 amide bonds. The number of nitrogens with one attached hydrogen (secondary N) is 3. The van der Waals surface area contributed by atoms with Crippen LogP contribution in [0, 0.1) is 0 Å². The van der Waals surface area contributed by atoms with Crippen molar-refractivity contribution in [3.63, 3.8) is 0 Å². The summed E-state index contributed by atoms with van der Waals surface area (Å²) in [5.74, 6) is -0.933. The van der Waals surface area contributed by atoms with E-state index in [9.17, 15) is 14.4 Å². The Morgan fingerprint density at radius 1 is 0.727 bits per heavy atom. The van der Waals surface area contributed by atoms with Crippen molar-refractivity contribution in [3.05, 3.63) is 95.6 Å². The summed E-state index contributed by atoms with van der Waals surface area (Å²) in [5, 5.41) is 8.49. The lowest BCUT2D eigenvalue weighted by Gasteiger charge is -2.14. The van der Waals surface area contributed by atoms with Gasteiger partial charge in [-0.2, -0.15) is 0 Å². The lowest BCUT2D eigenvalue weighted by Crippen LogP contribution is -2.31. The predicted octanol–water partition coefficient (Wildman–Crippen LogP) is 4.10. The minimum atomic E-state index is -0.312. The van der Waals surface area contributed by atoms with Gasteiger partial charge in [-0.15, -0.1) is 0 Å². The third kappa shape index (κ3) is 6.05. The summed E-state index contributed by atoms with van der Waals surface area (Å²) in [6.07, 6.45) is 1.90. The minimum absolute atomic E-state index is 0.00664. The largest absolute Gasteiger partial charge is 0.376 e. The third-order valence-electron chi connectivity index (χ3n) is 5.30. The number of hydrogen-bond donors (Lipinski definition) is 3. The number of carbonyl (C=O) groups is 3. The molecule has 1 heterocycles. The molecule has 4 rings (SSSR count). The SMILES string of the molecule is O=C(NC[C@@H]1CCCO1)c1cc(NC(=O)c2ccccc2)cc(NC(=O)c2ccccc2)c1. The fraction of sp³-hybridized carbons (Fsp3) is 0.192. The molecule has 3 N–H and O–H groups in total. The van der Waals surface area contributed by atoms with E-state index in [0.717, 1.165) is 12.8 Å². The lowest BCUT2D eigenvalue weighted by molar-refractivity contribution is 0.0857. The molecule has 3 aromatic carbocycles. The van der Waals surface area contributed by atoms with E-state index in [2.05, 4.69) is 16.0 Å². The van der Waals surface area contributed by atoms with Crippen LogP contribution in [0.15, 0.2) is 78.9 Å². The van der Waals surface area contributed by atoms with Crippen LogP contribution in [0.5, 0.6) is 0 Å². The summed E-state index contributed by atoms with van der Waals surface area (Å²) in [6.45, 7) is 1.11. The monoisotopic (exact) mass is 443 g/mol. The maximum atomic E-state index is 12.8. The summed E-state index contributed by atoms with van der Waals surface area (Å²) in [7, 11) is 0. The number of ether oxygens (including phenoxy) is 1. The summed E-state index contributed by atoms with van der Waals surface area (Å²) >= 11 is 0. The Balaban J connectivity index is 1.55. The van der Waals surface area contributed by atoms with Gasteiger partial charge in [-0.25, -0.2) is 0 Å². The highest BCUT2D eigenvalue weighted by molar-refractivity contribution is 6.08. The van der Waals surface area contributed by atoms with E-state index >= 15 is 0 Å². The fourth-order valence-electron chi connectivity index (χ4n) is 3.60. The topological polar surface area (TPSA) is 96.5 Å². The average Bonchev–Trinajstić information content (AvgIpc) is 3.37. The van der Waals surface area contributed by atoms with Gasteiger partial charge in [0, 0.05) is 41.2 Å². The van der Waals surface area contributed by atoms with Crippen LogP contribution in [-0.4, -0.2) is 37.0 Å². The van der Waals surface area contributed by atoms with Gasteiger partial charge in [0.05, 0.1) is 6.10 Å². The van der Waals surface area contributed by atoms with Crippen molar-refractivity contribution in [1.82, 2.24) is 5.32 Å². The van der Waals surface area contributed by atoms with E-state index in [-0.39, 0.29) is 23.8 Å². The predicted molar refractivity (Wildman–Crippen MR) is 127 cm³/mol.